The summed E-state index contributed by atoms with van der Waals surface area (Å²) in [5.74, 6) is -0.592. The molecule has 1 aromatic heterocycles. The fourth-order valence-corrected chi connectivity index (χ4v) is 2.05. The van der Waals surface area contributed by atoms with Crippen LogP contribution in [-0.4, -0.2) is 15.8 Å². The Morgan fingerprint density at radius 1 is 1.29 bits per heavy atom. The topological polar surface area (TPSA) is 85.1 Å². The predicted octanol–water partition coefficient (Wildman–Crippen LogP) is 3.86. The second-order valence-electron chi connectivity index (χ2n) is 4.13. The summed E-state index contributed by atoms with van der Waals surface area (Å²) in [6.07, 6.45) is 0. The molecule has 1 aromatic carbocycles. The molecule has 6 nitrogen and oxygen atoms in total. The highest BCUT2D eigenvalue weighted by atomic mass is 35.5. The SMILES string of the molecule is Cc1c(NC(=O)c2nc(Cl)ccc2Cl)cccc1[N+](=O)[O-]. The fourth-order valence-electron chi connectivity index (χ4n) is 1.72. The van der Waals surface area contributed by atoms with Gasteiger partial charge in [-0.1, -0.05) is 29.3 Å². The molecule has 0 radical (unpaired) electrons. The van der Waals surface area contributed by atoms with Crippen LogP contribution in [0.15, 0.2) is 30.3 Å². The molecule has 0 unspecified atom stereocenters. The Balaban J connectivity index is 2.34. The standard InChI is InChI=1S/C13H9Cl2N3O3/c1-7-9(3-2-4-10(7)18(20)21)16-13(19)12-8(14)5-6-11(15)17-12/h2-6H,1H3,(H,16,19). The molecule has 0 aliphatic heterocycles. The van der Waals surface area contributed by atoms with E-state index >= 15 is 0 Å². The number of hydrogen-bond acceptors (Lipinski definition) is 4. The number of hydrogen-bond donors (Lipinski definition) is 1. The predicted molar refractivity (Wildman–Crippen MR) is 80.0 cm³/mol. The van der Waals surface area contributed by atoms with Gasteiger partial charge < -0.3 is 5.32 Å². The Kier molecular flexibility index (Phi) is 4.40. The number of nitrogens with one attached hydrogen (secondary N) is 1. The van der Waals surface area contributed by atoms with Crippen LogP contribution in [0.4, 0.5) is 11.4 Å². The van der Waals surface area contributed by atoms with E-state index in [4.69, 9.17) is 23.2 Å². The molecule has 1 N–H and O–H groups in total. The van der Waals surface area contributed by atoms with Gasteiger partial charge in [-0.15, -0.1) is 0 Å². The lowest BCUT2D eigenvalue weighted by Gasteiger charge is -2.09. The molecule has 21 heavy (non-hydrogen) atoms. The Morgan fingerprint density at radius 3 is 2.67 bits per heavy atom. The molecule has 0 saturated heterocycles. The summed E-state index contributed by atoms with van der Waals surface area (Å²) >= 11 is 11.6. The van der Waals surface area contributed by atoms with Gasteiger partial charge in [-0.3, -0.25) is 14.9 Å². The van der Waals surface area contributed by atoms with Gasteiger partial charge in [-0.25, -0.2) is 4.98 Å². The maximum absolute atomic E-state index is 12.1. The van der Waals surface area contributed by atoms with Crippen LogP contribution in [0.5, 0.6) is 0 Å². The van der Waals surface area contributed by atoms with Crippen molar-refractivity contribution in [2.24, 2.45) is 0 Å². The normalized spacial score (nSPS) is 10.2. The third-order valence-corrected chi connectivity index (χ3v) is 3.29. The van der Waals surface area contributed by atoms with Gasteiger partial charge in [0.1, 0.15) is 10.8 Å². The number of benzene rings is 1. The largest absolute Gasteiger partial charge is 0.320 e. The molecule has 2 rings (SSSR count). The van der Waals surface area contributed by atoms with E-state index in [0.29, 0.717) is 11.3 Å². The first-order chi connectivity index (χ1) is 9.90. The van der Waals surface area contributed by atoms with Crippen molar-refractivity contribution < 1.29 is 9.72 Å². The molecule has 0 bridgehead atoms. The van der Waals surface area contributed by atoms with Crippen molar-refractivity contribution in [3.8, 4) is 0 Å². The molecule has 8 heteroatoms. The van der Waals surface area contributed by atoms with E-state index in [2.05, 4.69) is 10.3 Å². The van der Waals surface area contributed by atoms with Crippen molar-refractivity contribution in [2.75, 3.05) is 5.32 Å². The van der Waals surface area contributed by atoms with Crippen LogP contribution < -0.4 is 5.32 Å². The zero-order chi connectivity index (χ0) is 15.6. The number of rotatable bonds is 3. The number of aromatic nitrogens is 1. The number of pyridine rings is 1. The van der Waals surface area contributed by atoms with Gasteiger partial charge in [0.15, 0.2) is 0 Å². The molecule has 0 aliphatic carbocycles. The van der Waals surface area contributed by atoms with Crippen LogP contribution in [0.3, 0.4) is 0 Å². The number of halogens is 2. The van der Waals surface area contributed by atoms with Crippen molar-refractivity contribution in [1.82, 2.24) is 4.98 Å². The molecule has 0 fully saturated rings. The summed E-state index contributed by atoms with van der Waals surface area (Å²) in [6, 6.07) is 7.30. The molecule has 108 valence electrons. The average Bonchev–Trinajstić information content (AvgIpc) is 2.43. The second kappa shape index (κ2) is 6.07. The number of amides is 1. The number of anilines is 1. The summed E-state index contributed by atoms with van der Waals surface area (Å²) in [5, 5.41) is 13.7. The number of nitrogens with zero attached hydrogens (tertiary/aromatic N) is 2. The lowest BCUT2D eigenvalue weighted by Crippen LogP contribution is -2.15. The minimum Gasteiger partial charge on any atom is -0.320 e. The summed E-state index contributed by atoms with van der Waals surface area (Å²) in [7, 11) is 0. The zero-order valence-electron chi connectivity index (χ0n) is 10.8. The van der Waals surface area contributed by atoms with Crippen molar-refractivity contribution in [3.63, 3.8) is 0 Å². The minimum absolute atomic E-state index is 0.0462. The molecular weight excluding hydrogens is 317 g/mol. The van der Waals surface area contributed by atoms with Gasteiger partial charge in [0.25, 0.3) is 11.6 Å². The number of nitro groups is 1. The lowest BCUT2D eigenvalue weighted by molar-refractivity contribution is -0.385. The van der Waals surface area contributed by atoms with Gasteiger partial charge in [0, 0.05) is 6.07 Å². The van der Waals surface area contributed by atoms with E-state index in [1.807, 2.05) is 0 Å². The van der Waals surface area contributed by atoms with Crippen LogP contribution in [0.2, 0.25) is 10.2 Å². The average molecular weight is 326 g/mol. The smallest absolute Gasteiger partial charge is 0.275 e. The highest BCUT2D eigenvalue weighted by molar-refractivity contribution is 6.35. The zero-order valence-corrected chi connectivity index (χ0v) is 12.3. The van der Waals surface area contributed by atoms with E-state index in [9.17, 15) is 14.9 Å². The number of nitro benzene ring substituents is 1. The first kappa shape index (κ1) is 15.2. The van der Waals surface area contributed by atoms with Gasteiger partial charge in [-0.05, 0) is 25.1 Å². The highest BCUT2D eigenvalue weighted by Gasteiger charge is 2.18. The quantitative estimate of drug-likeness (QED) is 0.527. The van der Waals surface area contributed by atoms with Gasteiger partial charge in [0.2, 0.25) is 0 Å². The first-order valence-corrected chi connectivity index (χ1v) is 6.53. The Labute approximate surface area is 129 Å². The van der Waals surface area contributed by atoms with Crippen molar-refractivity contribution in [2.45, 2.75) is 6.92 Å². The summed E-state index contributed by atoms with van der Waals surface area (Å²) in [5.41, 5.74) is 0.522. The lowest BCUT2D eigenvalue weighted by atomic mass is 10.1. The van der Waals surface area contributed by atoms with Gasteiger partial charge in [0.05, 0.1) is 21.2 Å². The molecule has 0 aliphatic rings. The Morgan fingerprint density at radius 2 is 2.00 bits per heavy atom. The van der Waals surface area contributed by atoms with Crippen molar-refractivity contribution in [1.29, 1.82) is 0 Å². The molecular formula is C13H9Cl2N3O3. The maximum Gasteiger partial charge on any atom is 0.275 e. The van der Waals surface area contributed by atoms with Gasteiger partial charge in [-0.2, -0.15) is 0 Å². The summed E-state index contributed by atoms with van der Waals surface area (Å²) in [4.78, 5) is 26.3. The van der Waals surface area contributed by atoms with E-state index in [0.717, 1.165) is 0 Å². The second-order valence-corrected chi connectivity index (χ2v) is 4.92. The maximum atomic E-state index is 12.1. The summed E-state index contributed by atoms with van der Waals surface area (Å²) in [6.45, 7) is 1.54. The fraction of sp³-hybridized carbons (Fsp3) is 0.0769. The third kappa shape index (κ3) is 3.29. The van der Waals surface area contributed by atoms with Crippen LogP contribution >= 0.6 is 23.2 Å². The molecule has 0 atom stereocenters. The van der Waals surface area contributed by atoms with Crippen LogP contribution in [0.1, 0.15) is 16.1 Å². The first-order valence-electron chi connectivity index (χ1n) is 5.77. The Hall–Kier alpha value is -2.18. The molecule has 0 spiro atoms. The number of carbonyl (C=O) groups excluding carboxylic acids is 1. The molecule has 2 aromatic rings. The third-order valence-electron chi connectivity index (χ3n) is 2.78. The van der Waals surface area contributed by atoms with E-state index in [1.165, 1.54) is 24.3 Å². The summed E-state index contributed by atoms with van der Waals surface area (Å²) < 4.78 is 0. The monoisotopic (exact) mass is 325 g/mol. The van der Waals surface area contributed by atoms with E-state index in [-0.39, 0.29) is 21.6 Å². The highest BCUT2D eigenvalue weighted by Crippen LogP contribution is 2.26. The van der Waals surface area contributed by atoms with E-state index < -0.39 is 10.8 Å². The number of carbonyl (C=O) groups is 1. The molecule has 1 heterocycles. The van der Waals surface area contributed by atoms with Crippen LogP contribution in [0, 0.1) is 17.0 Å². The Bertz CT molecular complexity index is 735. The van der Waals surface area contributed by atoms with Crippen molar-refractivity contribution in [3.05, 3.63) is 61.9 Å². The minimum atomic E-state index is -0.592. The molecule has 0 saturated carbocycles. The van der Waals surface area contributed by atoms with Crippen LogP contribution in [0.25, 0.3) is 0 Å². The van der Waals surface area contributed by atoms with Gasteiger partial charge >= 0.3 is 0 Å². The van der Waals surface area contributed by atoms with Crippen molar-refractivity contribution >= 4 is 40.5 Å². The van der Waals surface area contributed by atoms with Crippen LogP contribution in [-0.2, 0) is 0 Å². The van der Waals surface area contributed by atoms with E-state index in [1.54, 1.807) is 13.0 Å². The molecule has 1 amide bonds.